The Labute approximate surface area is 153 Å². The fourth-order valence-electron chi connectivity index (χ4n) is 3.38. The molecule has 0 bridgehead atoms. The van der Waals surface area contributed by atoms with Crippen LogP contribution in [0, 0.1) is 12.8 Å². The molecule has 0 radical (unpaired) electrons. The number of H-pyrrole nitrogens is 1. The van der Waals surface area contributed by atoms with Gasteiger partial charge in [-0.3, -0.25) is 14.7 Å². The predicted octanol–water partition coefficient (Wildman–Crippen LogP) is 3.31. The van der Waals surface area contributed by atoms with E-state index in [0.717, 1.165) is 36.9 Å². The van der Waals surface area contributed by atoms with Gasteiger partial charge in [-0.2, -0.15) is 5.10 Å². The number of aromatic nitrogens is 2. The molecule has 138 valence electrons. The molecule has 1 heterocycles. The lowest BCUT2D eigenvalue weighted by molar-refractivity contribution is -0.154. The smallest absolute Gasteiger partial charge is 0.309 e. The van der Waals surface area contributed by atoms with Gasteiger partial charge in [0.1, 0.15) is 6.10 Å². The van der Waals surface area contributed by atoms with Gasteiger partial charge in [-0.1, -0.05) is 30.3 Å². The zero-order valence-electron chi connectivity index (χ0n) is 15.2. The quantitative estimate of drug-likeness (QED) is 0.806. The zero-order chi connectivity index (χ0) is 18.5. The second-order valence-corrected chi connectivity index (χ2v) is 6.92. The van der Waals surface area contributed by atoms with Crippen molar-refractivity contribution >= 4 is 11.9 Å². The maximum absolute atomic E-state index is 12.4. The van der Waals surface area contributed by atoms with E-state index in [4.69, 9.17) is 4.74 Å². The summed E-state index contributed by atoms with van der Waals surface area (Å²) in [7, 11) is 0. The Hall–Kier alpha value is -2.63. The second kappa shape index (κ2) is 8.17. The summed E-state index contributed by atoms with van der Waals surface area (Å²) in [6.07, 6.45) is 4.32. The summed E-state index contributed by atoms with van der Waals surface area (Å²) >= 11 is 0. The Morgan fingerprint density at radius 1 is 1.19 bits per heavy atom. The third kappa shape index (κ3) is 4.31. The molecule has 26 heavy (non-hydrogen) atoms. The average Bonchev–Trinajstić information content (AvgIpc) is 3.09. The molecule has 0 unspecified atom stereocenters. The number of carbonyl (C=O) groups excluding carboxylic acids is 2. The Morgan fingerprint density at radius 3 is 2.50 bits per heavy atom. The highest BCUT2D eigenvalue weighted by molar-refractivity contribution is 5.95. The molecule has 0 spiro atoms. The van der Waals surface area contributed by atoms with Gasteiger partial charge < -0.3 is 10.1 Å². The number of carbonyl (C=O) groups is 2. The van der Waals surface area contributed by atoms with Crippen molar-refractivity contribution in [2.24, 2.45) is 5.92 Å². The first-order valence-electron chi connectivity index (χ1n) is 9.11. The molecule has 0 saturated heterocycles. The largest absolute Gasteiger partial charge is 0.458 e. The zero-order valence-corrected chi connectivity index (χ0v) is 15.2. The highest BCUT2D eigenvalue weighted by atomic mass is 16.5. The lowest BCUT2D eigenvalue weighted by Crippen LogP contribution is -2.39. The third-order valence-electron chi connectivity index (χ3n) is 5.03. The number of rotatable bonds is 5. The van der Waals surface area contributed by atoms with Crippen LogP contribution in [-0.2, 0) is 9.53 Å². The fourth-order valence-corrected chi connectivity index (χ4v) is 3.38. The summed E-state index contributed by atoms with van der Waals surface area (Å²) < 4.78 is 5.63. The number of aryl methyl sites for hydroxylation is 1. The van der Waals surface area contributed by atoms with Crippen LogP contribution in [0.5, 0.6) is 0 Å². The van der Waals surface area contributed by atoms with Crippen molar-refractivity contribution in [3.05, 3.63) is 53.3 Å². The second-order valence-electron chi connectivity index (χ2n) is 6.92. The van der Waals surface area contributed by atoms with Crippen molar-refractivity contribution in [3.63, 3.8) is 0 Å². The van der Waals surface area contributed by atoms with E-state index in [1.165, 1.54) is 0 Å². The summed E-state index contributed by atoms with van der Waals surface area (Å²) in [5.74, 6) is -0.346. The van der Waals surface area contributed by atoms with Crippen molar-refractivity contribution in [1.82, 2.24) is 15.5 Å². The van der Waals surface area contributed by atoms with Gasteiger partial charge in [-0.15, -0.1) is 0 Å². The van der Waals surface area contributed by atoms with Gasteiger partial charge in [0.2, 0.25) is 0 Å². The van der Waals surface area contributed by atoms with Crippen molar-refractivity contribution in [2.45, 2.75) is 51.7 Å². The molecular formula is C20H25N3O3. The monoisotopic (exact) mass is 355 g/mol. The molecule has 1 saturated carbocycles. The number of nitrogens with one attached hydrogen (secondary N) is 2. The molecule has 6 nitrogen and oxygen atoms in total. The predicted molar refractivity (Wildman–Crippen MR) is 97.5 cm³/mol. The minimum absolute atomic E-state index is 0.0902. The standard InChI is InChI=1S/C20H25N3O3/c1-13-18(12-21-23-13)19(24)22-17-10-8-16(9-11-17)20(25)26-14(2)15-6-4-3-5-7-15/h3-7,12,14,16-17H,8-11H2,1-2H3,(H,21,23)(H,22,24)/t14-,16?,17?/m0/s1. The van der Waals surface area contributed by atoms with E-state index in [0.29, 0.717) is 5.56 Å². The van der Waals surface area contributed by atoms with Gasteiger partial charge in [0.05, 0.1) is 17.7 Å². The Morgan fingerprint density at radius 2 is 1.88 bits per heavy atom. The Bertz CT molecular complexity index is 749. The molecule has 1 amide bonds. The lowest BCUT2D eigenvalue weighted by Gasteiger charge is -2.28. The molecule has 3 rings (SSSR count). The highest BCUT2D eigenvalue weighted by Gasteiger charge is 2.29. The number of hydrogen-bond acceptors (Lipinski definition) is 4. The van der Waals surface area contributed by atoms with Gasteiger partial charge >= 0.3 is 5.97 Å². The molecule has 0 aliphatic heterocycles. The van der Waals surface area contributed by atoms with E-state index in [-0.39, 0.29) is 29.9 Å². The number of amides is 1. The van der Waals surface area contributed by atoms with Crippen LogP contribution in [0.3, 0.4) is 0 Å². The van der Waals surface area contributed by atoms with Gasteiger partial charge in [-0.25, -0.2) is 0 Å². The van der Waals surface area contributed by atoms with Crippen LogP contribution < -0.4 is 5.32 Å². The maximum Gasteiger partial charge on any atom is 0.309 e. The number of ether oxygens (including phenoxy) is 1. The molecule has 2 N–H and O–H groups in total. The molecule has 2 aromatic rings. The first-order valence-corrected chi connectivity index (χ1v) is 9.11. The van der Waals surface area contributed by atoms with Gasteiger partial charge in [0.25, 0.3) is 5.91 Å². The summed E-state index contributed by atoms with van der Waals surface area (Å²) in [5.41, 5.74) is 2.33. The van der Waals surface area contributed by atoms with Gasteiger partial charge in [0, 0.05) is 11.7 Å². The summed E-state index contributed by atoms with van der Waals surface area (Å²) in [6, 6.07) is 9.83. The SMILES string of the molecule is Cc1[nH]ncc1C(=O)NC1CCC(C(=O)O[C@@H](C)c2ccccc2)CC1. The van der Waals surface area contributed by atoms with Crippen LogP contribution >= 0.6 is 0 Å². The van der Waals surface area contributed by atoms with Crippen LogP contribution in [0.15, 0.2) is 36.5 Å². The van der Waals surface area contributed by atoms with Gasteiger partial charge in [-0.05, 0) is 45.1 Å². The number of nitrogens with zero attached hydrogens (tertiary/aromatic N) is 1. The summed E-state index contributed by atoms with van der Waals surface area (Å²) in [5, 5.41) is 9.68. The van der Waals surface area contributed by atoms with Gasteiger partial charge in [0.15, 0.2) is 0 Å². The molecule has 1 atom stereocenters. The number of esters is 1. The van der Waals surface area contributed by atoms with Crippen molar-refractivity contribution in [1.29, 1.82) is 0 Å². The summed E-state index contributed by atoms with van der Waals surface area (Å²) in [4.78, 5) is 24.7. The average molecular weight is 355 g/mol. The molecule has 1 aromatic heterocycles. The third-order valence-corrected chi connectivity index (χ3v) is 5.03. The number of aromatic amines is 1. The van der Waals surface area contributed by atoms with Crippen molar-refractivity contribution in [3.8, 4) is 0 Å². The van der Waals surface area contributed by atoms with E-state index in [2.05, 4.69) is 15.5 Å². The van der Waals surface area contributed by atoms with Crippen LogP contribution in [0.4, 0.5) is 0 Å². The van der Waals surface area contributed by atoms with Crippen LogP contribution in [0.1, 0.15) is 60.3 Å². The minimum atomic E-state index is -0.245. The number of benzene rings is 1. The van der Waals surface area contributed by atoms with E-state index in [1.807, 2.05) is 44.2 Å². The molecule has 1 fully saturated rings. The van der Waals surface area contributed by atoms with Crippen LogP contribution in [-0.4, -0.2) is 28.1 Å². The minimum Gasteiger partial charge on any atom is -0.458 e. The lowest BCUT2D eigenvalue weighted by atomic mass is 9.86. The molecule has 1 aromatic carbocycles. The normalized spacial score (nSPS) is 21.0. The van der Waals surface area contributed by atoms with Crippen molar-refractivity contribution < 1.29 is 14.3 Å². The first-order chi connectivity index (χ1) is 12.5. The molecule has 1 aliphatic carbocycles. The fraction of sp³-hybridized carbons (Fsp3) is 0.450. The highest BCUT2D eigenvalue weighted by Crippen LogP contribution is 2.28. The Balaban J connectivity index is 1.46. The van der Waals surface area contributed by atoms with E-state index < -0.39 is 0 Å². The van der Waals surface area contributed by atoms with E-state index >= 15 is 0 Å². The van der Waals surface area contributed by atoms with Crippen LogP contribution in [0.2, 0.25) is 0 Å². The topological polar surface area (TPSA) is 84.1 Å². The Kier molecular flexibility index (Phi) is 5.71. The van der Waals surface area contributed by atoms with E-state index in [1.54, 1.807) is 6.20 Å². The first kappa shape index (κ1) is 18.2. The summed E-state index contributed by atoms with van der Waals surface area (Å²) in [6.45, 7) is 3.72. The molecular weight excluding hydrogens is 330 g/mol. The maximum atomic E-state index is 12.4. The van der Waals surface area contributed by atoms with Crippen LogP contribution in [0.25, 0.3) is 0 Å². The molecule has 1 aliphatic rings. The number of hydrogen-bond donors (Lipinski definition) is 2. The molecule has 6 heteroatoms. The van der Waals surface area contributed by atoms with E-state index in [9.17, 15) is 9.59 Å². The van der Waals surface area contributed by atoms with Crippen molar-refractivity contribution in [2.75, 3.05) is 0 Å².